The molecule has 0 saturated carbocycles. The summed E-state index contributed by atoms with van der Waals surface area (Å²) in [5.74, 6) is 0.0617. The number of carbonyl (C=O) groups is 3. The minimum Gasteiger partial charge on any atom is -0.462 e. The smallest absolute Gasteiger partial charge is 0.338 e. The Morgan fingerprint density at radius 3 is 2.37 bits per heavy atom. The van der Waals surface area contributed by atoms with E-state index in [1.165, 1.54) is 18.3 Å². The van der Waals surface area contributed by atoms with Crippen molar-refractivity contribution in [2.75, 3.05) is 18.6 Å². The van der Waals surface area contributed by atoms with Crippen LogP contribution in [0, 0.1) is 0 Å². The number of hydrogen-bond acceptors (Lipinski definition) is 6. The maximum atomic E-state index is 12.7. The molecule has 0 saturated heterocycles. The highest BCUT2D eigenvalue weighted by Crippen LogP contribution is 2.20. The first-order chi connectivity index (χ1) is 14.4. The molecule has 3 aromatic rings. The lowest BCUT2D eigenvalue weighted by atomic mass is 10.1. The molecule has 6 nitrogen and oxygen atoms in total. The van der Waals surface area contributed by atoms with Crippen molar-refractivity contribution >= 4 is 51.0 Å². The fraction of sp³-hybridized carbons (Fsp3) is 0.273. The van der Waals surface area contributed by atoms with Crippen molar-refractivity contribution in [2.24, 2.45) is 4.99 Å². The highest BCUT2D eigenvalue weighted by Gasteiger charge is 2.13. The molecule has 0 fully saturated rings. The first-order valence-corrected chi connectivity index (χ1v) is 11.6. The van der Waals surface area contributed by atoms with Crippen molar-refractivity contribution in [2.45, 2.75) is 20.4 Å². The van der Waals surface area contributed by atoms with Gasteiger partial charge in [0.2, 0.25) is 0 Å². The van der Waals surface area contributed by atoms with E-state index < -0.39 is 0 Å². The number of aromatic nitrogens is 1. The number of thioether (sulfide) groups is 1. The van der Waals surface area contributed by atoms with Crippen molar-refractivity contribution < 1.29 is 19.1 Å². The van der Waals surface area contributed by atoms with E-state index in [4.69, 9.17) is 4.74 Å². The van der Waals surface area contributed by atoms with Gasteiger partial charge >= 0.3 is 5.97 Å². The van der Waals surface area contributed by atoms with Gasteiger partial charge in [-0.1, -0.05) is 23.5 Å². The lowest BCUT2D eigenvalue weighted by molar-refractivity contribution is 0.0526. The molecular formula is C22H22N2O4S2. The van der Waals surface area contributed by atoms with Crippen molar-refractivity contribution in [3.05, 3.63) is 64.0 Å². The Labute approximate surface area is 182 Å². The molecular weight excluding hydrogens is 420 g/mol. The molecule has 0 aliphatic rings. The summed E-state index contributed by atoms with van der Waals surface area (Å²) in [5, 5.41) is 0. The number of benzene rings is 2. The van der Waals surface area contributed by atoms with E-state index in [0.29, 0.717) is 34.6 Å². The minimum atomic E-state index is -0.375. The van der Waals surface area contributed by atoms with Crippen molar-refractivity contribution in [3.8, 4) is 0 Å². The average Bonchev–Trinajstić information content (AvgIpc) is 3.08. The van der Waals surface area contributed by atoms with E-state index in [1.54, 1.807) is 55.1 Å². The second kappa shape index (κ2) is 9.86. The summed E-state index contributed by atoms with van der Waals surface area (Å²) in [6.45, 7) is 4.25. The first-order valence-electron chi connectivity index (χ1n) is 9.44. The third-order valence-electron chi connectivity index (χ3n) is 4.45. The molecule has 1 heterocycles. The molecule has 1 amide bonds. The van der Waals surface area contributed by atoms with Gasteiger partial charge in [0, 0.05) is 23.4 Å². The van der Waals surface area contributed by atoms with Crippen LogP contribution in [0.25, 0.3) is 10.2 Å². The zero-order valence-electron chi connectivity index (χ0n) is 17.0. The standard InChI is InChI=1S/C22H22N2O4S2/c1-4-28-21(27)17-9-10-18-19(13-17)30-22(24(18)11-12-29-3)23-20(26)16-7-5-15(6-8-16)14(2)25/h5-10,13H,4,11-12H2,1-3H3. The number of rotatable bonds is 7. The Morgan fingerprint density at radius 2 is 1.73 bits per heavy atom. The zero-order valence-corrected chi connectivity index (χ0v) is 18.6. The van der Waals surface area contributed by atoms with Crippen LogP contribution < -0.4 is 4.80 Å². The number of fused-ring (bicyclic) bond motifs is 1. The molecule has 0 aliphatic heterocycles. The van der Waals surface area contributed by atoms with Gasteiger partial charge in [0.25, 0.3) is 5.91 Å². The van der Waals surface area contributed by atoms with Crippen LogP contribution in [0.5, 0.6) is 0 Å². The molecule has 0 unspecified atom stereocenters. The summed E-state index contributed by atoms with van der Waals surface area (Å²) in [4.78, 5) is 41.1. The van der Waals surface area contributed by atoms with Crippen LogP contribution in [0.3, 0.4) is 0 Å². The van der Waals surface area contributed by atoms with Crippen LogP contribution in [0.1, 0.15) is 44.9 Å². The van der Waals surface area contributed by atoms with Gasteiger partial charge < -0.3 is 9.30 Å². The van der Waals surface area contributed by atoms with Gasteiger partial charge in [0.05, 0.1) is 22.4 Å². The number of aryl methyl sites for hydroxylation is 1. The number of hydrogen-bond donors (Lipinski definition) is 0. The van der Waals surface area contributed by atoms with Crippen molar-refractivity contribution in [1.29, 1.82) is 0 Å². The zero-order chi connectivity index (χ0) is 21.7. The second-order valence-electron chi connectivity index (χ2n) is 6.48. The molecule has 3 rings (SSSR count). The summed E-state index contributed by atoms with van der Waals surface area (Å²) in [6.07, 6.45) is 2.02. The quantitative estimate of drug-likeness (QED) is 0.405. The van der Waals surface area contributed by atoms with Crippen LogP contribution in [-0.2, 0) is 11.3 Å². The fourth-order valence-corrected chi connectivity index (χ4v) is 4.36. The Morgan fingerprint density at radius 1 is 1.07 bits per heavy atom. The molecule has 0 bridgehead atoms. The van der Waals surface area contributed by atoms with Crippen LogP contribution in [0.2, 0.25) is 0 Å². The van der Waals surface area contributed by atoms with Crippen LogP contribution in [0.4, 0.5) is 0 Å². The predicted molar refractivity (Wildman–Crippen MR) is 120 cm³/mol. The Hall–Kier alpha value is -2.71. The molecule has 0 spiro atoms. The number of ether oxygens (including phenoxy) is 1. The van der Waals surface area contributed by atoms with Crippen LogP contribution in [0.15, 0.2) is 47.5 Å². The van der Waals surface area contributed by atoms with Crippen molar-refractivity contribution in [3.63, 3.8) is 0 Å². The minimum absolute atomic E-state index is 0.0530. The van der Waals surface area contributed by atoms with Gasteiger partial charge in [-0.25, -0.2) is 4.79 Å². The molecule has 156 valence electrons. The monoisotopic (exact) mass is 442 g/mol. The number of carbonyl (C=O) groups excluding carboxylic acids is 3. The maximum absolute atomic E-state index is 12.7. The lowest BCUT2D eigenvalue weighted by Crippen LogP contribution is -2.18. The fourth-order valence-electron chi connectivity index (χ4n) is 2.90. The lowest BCUT2D eigenvalue weighted by Gasteiger charge is -2.05. The predicted octanol–water partition coefficient (Wildman–Crippen LogP) is 4.19. The normalized spacial score (nSPS) is 11.6. The highest BCUT2D eigenvalue weighted by molar-refractivity contribution is 7.98. The molecule has 30 heavy (non-hydrogen) atoms. The topological polar surface area (TPSA) is 77.7 Å². The Kier molecular flexibility index (Phi) is 7.23. The van der Waals surface area contributed by atoms with Gasteiger partial charge in [-0.3, -0.25) is 9.59 Å². The third-order valence-corrected chi connectivity index (χ3v) is 6.08. The van der Waals surface area contributed by atoms with Crippen LogP contribution >= 0.6 is 23.1 Å². The van der Waals surface area contributed by atoms with Crippen LogP contribution in [-0.4, -0.2) is 40.8 Å². The molecule has 0 radical (unpaired) electrons. The van der Waals surface area contributed by atoms with E-state index in [-0.39, 0.29) is 17.7 Å². The van der Waals surface area contributed by atoms with E-state index in [9.17, 15) is 14.4 Å². The van der Waals surface area contributed by atoms with Gasteiger partial charge in [0.1, 0.15) is 0 Å². The highest BCUT2D eigenvalue weighted by atomic mass is 32.2. The SMILES string of the molecule is CCOC(=O)c1ccc2c(c1)sc(=NC(=O)c1ccc(C(C)=O)cc1)n2CCSC. The largest absolute Gasteiger partial charge is 0.462 e. The average molecular weight is 443 g/mol. The molecule has 0 atom stereocenters. The molecule has 2 aromatic carbocycles. The number of Topliss-reactive ketones (excluding diaryl/α,β-unsaturated/α-hetero) is 1. The van der Waals surface area contributed by atoms with Gasteiger partial charge in [0.15, 0.2) is 10.6 Å². The van der Waals surface area contributed by atoms with Gasteiger partial charge in [-0.15, -0.1) is 0 Å². The summed E-state index contributed by atoms with van der Waals surface area (Å²) in [5.41, 5.74) is 2.36. The molecule has 0 N–H and O–H groups in total. The maximum Gasteiger partial charge on any atom is 0.338 e. The van der Waals surface area contributed by atoms with Crippen molar-refractivity contribution in [1.82, 2.24) is 4.57 Å². The van der Waals surface area contributed by atoms with E-state index in [2.05, 4.69) is 4.99 Å². The summed E-state index contributed by atoms with van der Waals surface area (Å²) in [6, 6.07) is 11.9. The third kappa shape index (κ3) is 4.88. The van der Waals surface area contributed by atoms with Gasteiger partial charge in [-0.05, 0) is 50.4 Å². The number of ketones is 1. The molecule has 8 heteroatoms. The summed E-state index contributed by atoms with van der Waals surface area (Å²) < 4.78 is 7.94. The van der Waals surface area contributed by atoms with Gasteiger partial charge in [-0.2, -0.15) is 16.8 Å². The number of thiazole rings is 1. The summed E-state index contributed by atoms with van der Waals surface area (Å²) >= 11 is 3.06. The second-order valence-corrected chi connectivity index (χ2v) is 8.48. The van der Waals surface area contributed by atoms with E-state index >= 15 is 0 Å². The van der Waals surface area contributed by atoms with E-state index in [0.717, 1.165) is 16.0 Å². The Bertz CT molecular complexity index is 1160. The number of nitrogens with zero attached hydrogens (tertiary/aromatic N) is 2. The number of esters is 1. The molecule has 0 aliphatic carbocycles. The van der Waals surface area contributed by atoms with E-state index in [1.807, 2.05) is 16.9 Å². The number of amides is 1. The Balaban J connectivity index is 2.04. The summed E-state index contributed by atoms with van der Waals surface area (Å²) in [7, 11) is 0. The molecule has 1 aromatic heterocycles. The first kappa shape index (κ1) is 22.0.